The smallest absolute Gasteiger partial charge is 0.209 e. The zero-order valence-electron chi connectivity index (χ0n) is 12.7. The average Bonchev–Trinajstić information content (AvgIpc) is 2.38. The van der Waals surface area contributed by atoms with Crippen LogP contribution in [0, 0.1) is 5.41 Å². The van der Waals surface area contributed by atoms with Gasteiger partial charge in [-0.2, -0.15) is 0 Å². The summed E-state index contributed by atoms with van der Waals surface area (Å²) in [5.41, 5.74) is 3.71. The fraction of sp³-hybridized carbons (Fsp3) is 0.812. The molecule has 0 atom stereocenters. The van der Waals surface area contributed by atoms with Crippen molar-refractivity contribution >= 4 is 6.41 Å². The lowest BCUT2D eigenvalue weighted by Gasteiger charge is -2.37. The molecular formula is C16H28N2O. The van der Waals surface area contributed by atoms with E-state index in [0.29, 0.717) is 5.41 Å². The van der Waals surface area contributed by atoms with Crippen LogP contribution in [0.15, 0.2) is 11.1 Å². The van der Waals surface area contributed by atoms with Crippen molar-refractivity contribution in [1.29, 1.82) is 0 Å². The van der Waals surface area contributed by atoms with Gasteiger partial charge in [0.1, 0.15) is 0 Å². The highest BCUT2D eigenvalue weighted by atomic mass is 16.1. The first kappa shape index (κ1) is 14.6. The fourth-order valence-corrected chi connectivity index (χ4v) is 3.59. The van der Waals surface area contributed by atoms with Crippen molar-refractivity contribution in [2.24, 2.45) is 5.41 Å². The van der Waals surface area contributed by atoms with Gasteiger partial charge >= 0.3 is 0 Å². The van der Waals surface area contributed by atoms with Crippen LogP contribution in [0.3, 0.4) is 0 Å². The summed E-state index contributed by atoms with van der Waals surface area (Å²) >= 11 is 0. The van der Waals surface area contributed by atoms with Crippen LogP contribution < -0.4 is 0 Å². The molecule has 3 heteroatoms. The average molecular weight is 264 g/mol. The van der Waals surface area contributed by atoms with Gasteiger partial charge in [0.2, 0.25) is 6.41 Å². The third kappa shape index (κ3) is 3.59. The van der Waals surface area contributed by atoms with Gasteiger partial charge in [-0.05, 0) is 38.0 Å². The number of amides is 1. The third-order valence-corrected chi connectivity index (χ3v) is 4.92. The first-order valence-electron chi connectivity index (χ1n) is 7.64. The Kier molecular flexibility index (Phi) is 4.67. The number of hydrogen-bond donors (Lipinski definition) is 0. The van der Waals surface area contributed by atoms with E-state index in [9.17, 15) is 4.79 Å². The minimum atomic E-state index is 0.396. The Morgan fingerprint density at radius 3 is 2.47 bits per heavy atom. The van der Waals surface area contributed by atoms with E-state index in [1.165, 1.54) is 25.7 Å². The Bertz CT molecular complexity index is 352. The van der Waals surface area contributed by atoms with Gasteiger partial charge in [-0.3, -0.25) is 9.69 Å². The molecule has 0 aromatic rings. The van der Waals surface area contributed by atoms with Gasteiger partial charge in [0, 0.05) is 32.7 Å². The molecule has 1 saturated heterocycles. The van der Waals surface area contributed by atoms with Gasteiger partial charge < -0.3 is 4.90 Å². The molecule has 2 rings (SSSR count). The third-order valence-electron chi connectivity index (χ3n) is 4.92. The fourth-order valence-electron chi connectivity index (χ4n) is 3.59. The molecule has 19 heavy (non-hydrogen) atoms. The molecule has 3 nitrogen and oxygen atoms in total. The van der Waals surface area contributed by atoms with E-state index >= 15 is 0 Å². The molecule has 1 aliphatic carbocycles. The van der Waals surface area contributed by atoms with Crippen molar-refractivity contribution in [1.82, 2.24) is 9.80 Å². The Hall–Kier alpha value is -0.830. The molecule has 1 heterocycles. The minimum absolute atomic E-state index is 0.396. The predicted molar refractivity (Wildman–Crippen MR) is 79.0 cm³/mol. The standard InChI is InChI=1S/C16H28N2O/c1-14-5-4-7-16(2,3)15(14)6-8-17-9-11-18(13-19)12-10-17/h13H,4-12H2,1-3H3. The molecule has 1 aliphatic heterocycles. The van der Waals surface area contributed by atoms with Crippen LogP contribution in [0.4, 0.5) is 0 Å². The van der Waals surface area contributed by atoms with Crippen LogP contribution in [-0.2, 0) is 4.79 Å². The van der Waals surface area contributed by atoms with Crippen LogP contribution in [0.2, 0.25) is 0 Å². The number of hydrogen-bond acceptors (Lipinski definition) is 2. The van der Waals surface area contributed by atoms with E-state index < -0.39 is 0 Å². The Morgan fingerprint density at radius 1 is 1.21 bits per heavy atom. The molecule has 0 aromatic heterocycles. The van der Waals surface area contributed by atoms with Gasteiger partial charge in [-0.25, -0.2) is 0 Å². The lowest BCUT2D eigenvalue weighted by Crippen LogP contribution is -2.46. The van der Waals surface area contributed by atoms with Crippen molar-refractivity contribution in [2.75, 3.05) is 32.7 Å². The molecule has 1 fully saturated rings. The van der Waals surface area contributed by atoms with E-state index in [1.54, 1.807) is 11.1 Å². The maximum absolute atomic E-state index is 10.7. The Morgan fingerprint density at radius 2 is 1.89 bits per heavy atom. The van der Waals surface area contributed by atoms with Gasteiger partial charge in [0.15, 0.2) is 0 Å². The summed E-state index contributed by atoms with van der Waals surface area (Å²) in [6.45, 7) is 12.1. The van der Waals surface area contributed by atoms with E-state index in [1.807, 2.05) is 4.90 Å². The Labute approximate surface area is 117 Å². The van der Waals surface area contributed by atoms with Gasteiger partial charge in [-0.15, -0.1) is 0 Å². The second-order valence-corrected chi connectivity index (χ2v) is 6.73. The molecule has 2 aliphatic rings. The largest absolute Gasteiger partial charge is 0.343 e. The number of piperazine rings is 1. The summed E-state index contributed by atoms with van der Waals surface area (Å²) in [6, 6.07) is 0. The molecule has 0 saturated carbocycles. The topological polar surface area (TPSA) is 23.6 Å². The van der Waals surface area contributed by atoms with Crippen LogP contribution >= 0.6 is 0 Å². The molecular weight excluding hydrogens is 236 g/mol. The predicted octanol–water partition coefficient (Wildman–Crippen LogP) is 2.68. The maximum atomic E-state index is 10.7. The molecule has 0 unspecified atom stereocenters. The summed E-state index contributed by atoms with van der Waals surface area (Å²) in [7, 11) is 0. The molecule has 0 bridgehead atoms. The van der Waals surface area contributed by atoms with Crippen LogP contribution in [0.25, 0.3) is 0 Å². The molecule has 0 radical (unpaired) electrons. The van der Waals surface area contributed by atoms with Gasteiger partial charge in [0.05, 0.1) is 0 Å². The van der Waals surface area contributed by atoms with E-state index in [-0.39, 0.29) is 0 Å². The maximum Gasteiger partial charge on any atom is 0.209 e. The lowest BCUT2D eigenvalue weighted by atomic mass is 9.71. The summed E-state index contributed by atoms with van der Waals surface area (Å²) in [4.78, 5) is 15.1. The van der Waals surface area contributed by atoms with Crippen LogP contribution in [0.5, 0.6) is 0 Å². The van der Waals surface area contributed by atoms with Crippen molar-refractivity contribution < 1.29 is 4.79 Å². The lowest BCUT2D eigenvalue weighted by molar-refractivity contribution is -0.119. The first-order valence-corrected chi connectivity index (χ1v) is 7.64. The van der Waals surface area contributed by atoms with E-state index in [2.05, 4.69) is 25.7 Å². The highest BCUT2D eigenvalue weighted by Crippen LogP contribution is 2.41. The number of allylic oxidation sites excluding steroid dienone is 1. The van der Waals surface area contributed by atoms with E-state index in [0.717, 1.165) is 39.1 Å². The second-order valence-electron chi connectivity index (χ2n) is 6.73. The number of carbonyl (C=O) groups excluding carboxylic acids is 1. The molecule has 0 aromatic carbocycles. The first-order chi connectivity index (χ1) is 9.03. The van der Waals surface area contributed by atoms with E-state index in [4.69, 9.17) is 0 Å². The summed E-state index contributed by atoms with van der Waals surface area (Å²) in [5.74, 6) is 0. The second kappa shape index (κ2) is 6.08. The van der Waals surface area contributed by atoms with Crippen molar-refractivity contribution in [3.63, 3.8) is 0 Å². The molecule has 0 N–H and O–H groups in total. The highest BCUT2D eigenvalue weighted by molar-refractivity contribution is 5.47. The quantitative estimate of drug-likeness (QED) is 0.576. The Balaban J connectivity index is 1.86. The molecule has 1 amide bonds. The number of rotatable bonds is 4. The number of carbonyl (C=O) groups is 1. The summed E-state index contributed by atoms with van der Waals surface area (Å²) in [6.07, 6.45) is 6.16. The zero-order valence-corrected chi connectivity index (χ0v) is 12.7. The highest BCUT2D eigenvalue weighted by Gasteiger charge is 2.28. The van der Waals surface area contributed by atoms with Gasteiger partial charge in [-0.1, -0.05) is 25.0 Å². The van der Waals surface area contributed by atoms with Crippen LogP contribution in [0.1, 0.15) is 46.5 Å². The SMILES string of the molecule is CC1=C(CCN2CCN(C=O)CC2)C(C)(C)CCC1. The summed E-state index contributed by atoms with van der Waals surface area (Å²) in [5, 5.41) is 0. The van der Waals surface area contributed by atoms with Crippen molar-refractivity contribution in [3.05, 3.63) is 11.1 Å². The normalized spacial score (nSPS) is 24.7. The monoisotopic (exact) mass is 264 g/mol. The van der Waals surface area contributed by atoms with Crippen LogP contribution in [-0.4, -0.2) is 48.9 Å². The van der Waals surface area contributed by atoms with Gasteiger partial charge in [0.25, 0.3) is 0 Å². The van der Waals surface area contributed by atoms with Crippen molar-refractivity contribution in [2.45, 2.75) is 46.5 Å². The van der Waals surface area contributed by atoms with Crippen molar-refractivity contribution in [3.8, 4) is 0 Å². The number of nitrogens with zero attached hydrogens (tertiary/aromatic N) is 2. The molecule has 0 spiro atoms. The minimum Gasteiger partial charge on any atom is -0.343 e. The molecule has 108 valence electrons. The summed E-state index contributed by atoms with van der Waals surface area (Å²) < 4.78 is 0. The zero-order chi connectivity index (χ0) is 13.9.